The molecule has 0 amide bonds. The Labute approximate surface area is 166 Å². The van der Waals surface area contributed by atoms with E-state index in [1.54, 1.807) is 66.9 Å². The molecule has 0 radical (unpaired) electrons. The minimum Gasteiger partial charge on any atom is -0.293 e. The number of nitrogens with zero attached hydrogens (tertiary/aromatic N) is 1. The van der Waals surface area contributed by atoms with Crippen LogP contribution in [0.25, 0.3) is 0 Å². The highest BCUT2D eigenvalue weighted by atomic mass is 16.2. The van der Waals surface area contributed by atoms with Gasteiger partial charge in [0.05, 0.1) is 11.8 Å². The Morgan fingerprint density at radius 1 is 0.586 bits per heavy atom. The Balaban J connectivity index is 1.68. The van der Waals surface area contributed by atoms with Crippen LogP contribution >= 0.6 is 0 Å². The van der Waals surface area contributed by atoms with Gasteiger partial charge in [-0.3, -0.25) is 24.2 Å². The highest BCUT2D eigenvalue weighted by molar-refractivity contribution is 6.30. The van der Waals surface area contributed by atoms with Crippen molar-refractivity contribution in [2.24, 2.45) is 11.8 Å². The van der Waals surface area contributed by atoms with Gasteiger partial charge in [-0.1, -0.05) is 54.6 Å². The molecule has 0 saturated carbocycles. The molecular weight excluding hydrogens is 366 g/mol. The summed E-state index contributed by atoms with van der Waals surface area (Å²) >= 11 is 0. The minimum absolute atomic E-state index is 0.340. The van der Waals surface area contributed by atoms with Gasteiger partial charge in [-0.2, -0.15) is 0 Å². The summed E-state index contributed by atoms with van der Waals surface area (Å²) in [6, 6.07) is 16.7. The Bertz CT molecular complexity index is 1050. The molecule has 0 spiro atoms. The highest BCUT2D eigenvalue weighted by Gasteiger charge is 2.53. The molecule has 0 bridgehead atoms. The molecular formula is C24H15NO4. The number of benzene rings is 2. The maximum absolute atomic E-state index is 13.2. The Kier molecular flexibility index (Phi) is 3.84. The topological polar surface area (TPSA) is 81.2 Å². The van der Waals surface area contributed by atoms with Gasteiger partial charge in [-0.25, -0.2) is 0 Å². The predicted molar refractivity (Wildman–Crippen MR) is 104 cm³/mol. The lowest BCUT2D eigenvalue weighted by atomic mass is 9.73. The lowest BCUT2D eigenvalue weighted by molar-refractivity contribution is 0.0728. The molecule has 5 heteroatoms. The molecule has 0 atom stereocenters. The lowest BCUT2D eigenvalue weighted by Crippen LogP contribution is -2.34. The zero-order chi connectivity index (χ0) is 20.1. The second-order valence-corrected chi connectivity index (χ2v) is 7.32. The molecule has 1 aromatic heterocycles. The molecule has 5 nitrogen and oxygen atoms in total. The third kappa shape index (κ3) is 2.44. The molecule has 1 heterocycles. The van der Waals surface area contributed by atoms with Crippen molar-refractivity contribution < 1.29 is 19.2 Å². The van der Waals surface area contributed by atoms with Crippen LogP contribution in [-0.2, 0) is 0 Å². The zero-order valence-electron chi connectivity index (χ0n) is 15.2. The van der Waals surface area contributed by atoms with Gasteiger partial charge >= 0.3 is 0 Å². The first-order chi connectivity index (χ1) is 14.1. The summed E-state index contributed by atoms with van der Waals surface area (Å²) in [4.78, 5) is 56.9. The van der Waals surface area contributed by atoms with E-state index >= 15 is 0 Å². The number of hydrogen-bond acceptors (Lipinski definition) is 5. The monoisotopic (exact) mass is 381 g/mol. The maximum atomic E-state index is 13.2. The smallest absolute Gasteiger partial charge is 0.175 e. The number of pyridine rings is 1. The van der Waals surface area contributed by atoms with Crippen LogP contribution in [0.1, 0.15) is 52.9 Å². The van der Waals surface area contributed by atoms with E-state index in [1.165, 1.54) is 6.20 Å². The third-order valence-electron chi connectivity index (χ3n) is 5.83. The zero-order valence-corrected chi connectivity index (χ0v) is 15.2. The normalized spacial score (nSPS) is 16.6. The van der Waals surface area contributed by atoms with Crippen LogP contribution in [0, 0.1) is 11.8 Å². The van der Waals surface area contributed by atoms with Crippen molar-refractivity contribution in [2.45, 2.75) is 5.92 Å². The number of carbonyl (C=O) groups excluding carboxylic acids is 4. The first kappa shape index (κ1) is 17.4. The standard InChI is InChI=1S/C24H15NO4/c26-21-14-7-1-2-8-15(14)22(27)19(21)18(13-6-5-11-25-12-13)20-23(28)16-9-3-4-10-17(16)24(20)29/h1-12,18-20H. The summed E-state index contributed by atoms with van der Waals surface area (Å²) < 4.78 is 0. The van der Waals surface area contributed by atoms with Gasteiger partial charge in [0.25, 0.3) is 0 Å². The van der Waals surface area contributed by atoms with E-state index in [0.717, 1.165) is 0 Å². The maximum Gasteiger partial charge on any atom is 0.175 e. The second-order valence-electron chi connectivity index (χ2n) is 7.32. The average molecular weight is 381 g/mol. The molecule has 29 heavy (non-hydrogen) atoms. The van der Waals surface area contributed by atoms with Crippen molar-refractivity contribution in [3.05, 3.63) is 101 Å². The van der Waals surface area contributed by atoms with Crippen LogP contribution in [0.5, 0.6) is 0 Å². The largest absolute Gasteiger partial charge is 0.293 e. The summed E-state index contributed by atoms with van der Waals surface area (Å²) in [6.45, 7) is 0. The van der Waals surface area contributed by atoms with Gasteiger partial charge in [-0.05, 0) is 11.6 Å². The summed E-state index contributed by atoms with van der Waals surface area (Å²) in [5.74, 6) is -4.55. The third-order valence-corrected chi connectivity index (χ3v) is 5.83. The van der Waals surface area contributed by atoms with E-state index in [-0.39, 0.29) is 23.1 Å². The van der Waals surface area contributed by atoms with Gasteiger partial charge in [0.15, 0.2) is 23.1 Å². The van der Waals surface area contributed by atoms with Crippen LogP contribution < -0.4 is 0 Å². The SMILES string of the molecule is O=C1c2ccccc2C(=O)C1C(c1cccnc1)C1C(=O)c2ccccc2C1=O. The van der Waals surface area contributed by atoms with E-state index in [2.05, 4.69) is 4.98 Å². The van der Waals surface area contributed by atoms with Crippen LogP contribution in [0.15, 0.2) is 73.1 Å². The van der Waals surface area contributed by atoms with Crippen molar-refractivity contribution in [3.8, 4) is 0 Å². The number of hydrogen-bond donors (Lipinski definition) is 0. The number of fused-ring (bicyclic) bond motifs is 2. The Hall–Kier alpha value is -3.73. The van der Waals surface area contributed by atoms with Crippen LogP contribution in [0.2, 0.25) is 0 Å². The highest BCUT2D eigenvalue weighted by Crippen LogP contribution is 2.45. The number of rotatable bonds is 3. The van der Waals surface area contributed by atoms with Crippen molar-refractivity contribution in [1.82, 2.24) is 4.98 Å². The molecule has 2 aromatic carbocycles. The predicted octanol–water partition coefficient (Wildman–Crippen LogP) is 3.56. The fraction of sp³-hybridized carbons (Fsp3) is 0.125. The molecule has 0 fully saturated rings. The lowest BCUT2D eigenvalue weighted by Gasteiger charge is -2.25. The number of carbonyl (C=O) groups is 4. The number of ketones is 4. The van der Waals surface area contributed by atoms with Crippen molar-refractivity contribution >= 4 is 23.1 Å². The Morgan fingerprint density at radius 2 is 1.00 bits per heavy atom. The van der Waals surface area contributed by atoms with Gasteiger partial charge < -0.3 is 0 Å². The summed E-state index contributed by atoms with van der Waals surface area (Å²) in [5.41, 5.74) is 1.89. The van der Waals surface area contributed by atoms with E-state index in [0.29, 0.717) is 27.8 Å². The van der Waals surface area contributed by atoms with Gasteiger partial charge in [0.2, 0.25) is 0 Å². The molecule has 0 N–H and O–H groups in total. The van der Waals surface area contributed by atoms with E-state index in [1.807, 2.05) is 0 Å². The minimum atomic E-state index is -1.12. The molecule has 0 unspecified atom stereocenters. The van der Waals surface area contributed by atoms with Crippen molar-refractivity contribution in [1.29, 1.82) is 0 Å². The molecule has 3 aromatic rings. The van der Waals surface area contributed by atoms with Gasteiger partial charge in [0, 0.05) is 40.6 Å². The summed E-state index contributed by atoms with van der Waals surface area (Å²) in [7, 11) is 0. The van der Waals surface area contributed by atoms with Crippen molar-refractivity contribution in [2.75, 3.05) is 0 Å². The van der Waals surface area contributed by atoms with Crippen LogP contribution in [0.4, 0.5) is 0 Å². The summed E-state index contributed by atoms with van der Waals surface area (Å²) in [5, 5.41) is 0. The Morgan fingerprint density at radius 3 is 1.34 bits per heavy atom. The molecule has 0 saturated heterocycles. The van der Waals surface area contributed by atoms with E-state index in [9.17, 15) is 19.2 Å². The molecule has 140 valence electrons. The molecule has 2 aliphatic carbocycles. The van der Waals surface area contributed by atoms with E-state index < -0.39 is 17.8 Å². The quantitative estimate of drug-likeness (QED) is 0.648. The average Bonchev–Trinajstić information content (AvgIpc) is 3.16. The summed E-state index contributed by atoms with van der Waals surface area (Å²) in [6.07, 6.45) is 3.10. The number of aromatic nitrogens is 1. The fourth-order valence-electron chi connectivity index (χ4n) is 4.54. The van der Waals surface area contributed by atoms with Crippen molar-refractivity contribution in [3.63, 3.8) is 0 Å². The molecule has 2 aliphatic rings. The molecule has 5 rings (SSSR count). The molecule has 0 aliphatic heterocycles. The first-order valence-electron chi connectivity index (χ1n) is 9.34. The van der Waals surface area contributed by atoms with Gasteiger partial charge in [-0.15, -0.1) is 0 Å². The van der Waals surface area contributed by atoms with E-state index in [4.69, 9.17) is 0 Å². The fourth-order valence-corrected chi connectivity index (χ4v) is 4.54. The van der Waals surface area contributed by atoms with Gasteiger partial charge in [0.1, 0.15) is 0 Å². The van der Waals surface area contributed by atoms with Crippen LogP contribution in [-0.4, -0.2) is 28.1 Å². The number of Topliss-reactive ketones (excluding diaryl/α,β-unsaturated/α-hetero) is 4. The first-order valence-corrected chi connectivity index (χ1v) is 9.34. The second kappa shape index (κ2) is 6.41. The van der Waals surface area contributed by atoms with Crippen LogP contribution in [0.3, 0.4) is 0 Å².